The number of para-hydroxylation sites is 1. The second-order valence-corrected chi connectivity index (χ2v) is 7.05. The molecule has 30 heavy (non-hydrogen) atoms. The molecule has 0 radical (unpaired) electrons. The SMILES string of the molecule is CCc1cccc(-c2cccc(COc3ccccc3C(NC(C)=O)C(=O)O)c2)c1. The van der Waals surface area contributed by atoms with Crippen LogP contribution in [-0.2, 0) is 22.6 Å². The Bertz CT molecular complexity index is 1040. The number of carbonyl (C=O) groups is 2. The molecular weight excluding hydrogens is 378 g/mol. The average molecular weight is 403 g/mol. The van der Waals surface area contributed by atoms with Gasteiger partial charge in [0.2, 0.25) is 5.91 Å². The van der Waals surface area contributed by atoms with Gasteiger partial charge in [0.1, 0.15) is 12.4 Å². The van der Waals surface area contributed by atoms with Crippen LogP contribution < -0.4 is 10.1 Å². The summed E-state index contributed by atoms with van der Waals surface area (Å²) in [4.78, 5) is 23.1. The lowest BCUT2D eigenvalue weighted by Gasteiger charge is -2.18. The molecule has 3 aromatic rings. The van der Waals surface area contributed by atoms with Gasteiger partial charge in [-0.2, -0.15) is 0 Å². The Morgan fingerprint density at radius 1 is 0.933 bits per heavy atom. The number of hydrogen-bond donors (Lipinski definition) is 2. The van der Waals surface area contributed by atoms with Gasteiger partial charge in [-0.05, 0) is 40.8 Å². The Morgan fingerprint density at radius 2 is 1.57 bits per heavy atom. The van der Waals surface area contributed by atoms with Gasteiger partial charge in [0.25, 0.3) is 0 Å². The van der Waals surface area contributed by atoms with Gasteiger partial charge in [-0.1, -0.05) is 67.6 Å². The number of aryl methyl sites for hydroxylation is 1. The molecule has 5 nitrogen and oxygen atoms in total. The van der Waals surface area contributed by atoms with Crippen LogP contribution in [0, 0.1) is 0 Å². The number of rotatable bonds is 8. The highest BCUT2D eigenvalue weighted by Crippen LogP contribution is 2.27. The number of amides is 1. The predicted octanol–water partition coefficient (Wildman–Crippen LogP) is 4.76. The topological polar surface area (TPSA) is 75.6 Å². The minimum Gasteiger partial charge on any atom is -0.489 e. The molecule has 3 aromatic carbocycles. The first kappa shape index (κ1) is 21.1. The molecule has 1 unspecified atom stereocenters. The van der Waals surface area contributed by atoms with Crippen molar-refractivity contribution in [2.24, 2.45) is 0 Å². The predicted molar refractivity (Wildman–Crippen MR) is 116 cm³/mol. The van der Waals surface area contributed by atoms with Crippen molar-refractivity contribution in [2.75, 3.05) is 0 Å². The van der Waals surface area contributed by atoms with E-state index in [4.69, 9.17) is 4.74 Å². The largest absolute Gasteiger partial charge is 0.489 e. The molecule has 0 saturated carbocycles. The molecule has 3 rings (SSSR count). The summed E-state index contributed by atoms with van der Waals surface area (Å²) in [5.41, 5.74) is 4.90. The van der Waals surface area contributed by atoms with Crippen molar-refractivity contribution in [3.8, 4) is 16.9 Å². The molecule has 0 fully saturated rings. The number of hydrogen-bond acceptors (Lipinski definition) is 3. The number of ether oxygens (including phenoxy) is 1. The van der Waals surface area contributed by atoms with Gasteiger partial charge in [0, 0.05) is 12.5 Å². The van der Waals surface area contributed by atoms with Gasteiger partial charge in [0.05, 0.1) is 0 Å². The second-order valence-electron chi connectivity index (χ2n) is 7.05. The molecule has 154 valence electrons. The molecule has 5 heteroatoms. The van der Waals surface area contributed by atoms with Crippen molar-refractivity contribution >= 4 is 11.9 Å². The van der Waals surface area contributed by atoms with Gasteiger partial charge in [-0.3, -0.25) is 4.79 Å². The van der Waals surface area contributed by atoms with E-state index in [9.17, 15) is 14.7 Å². The minimum absolute atomic E-state index is 0.282. The second kappa shape index (κ2) is 9.74. The van der Waals surface area contributed by atoms with Crippen molar-refractivity contribution in [3.63, 3.8) is 0 Å². The highest BCUT2D eigenvalue weighted by Gasteiger charge is 2.24. The fraction of sp³-hybridized carbons (Fsp3) is 0.200. The lowest BCUT2D eigenvalue weighted by molar-refractivity contribution is -0.141. The van der Waals surface area contributed by atoms with Crippen molar-refractivity contribution in [2.45, 2.75) is 32.9 Å². The summed E-state index contributed by atoms with van der Waals surface area (Å²) in [6.45, 7) is 3.70. The van der Waals surface area contributed by atoms with Gasteiger partial charge in [-0.15, -0.1) is 0 Å². The molecule has 0 heterocycles. The number of carboxylic acids is 1. The molecule has 1 amide bonds. The summed E-state index contributed by atoms with van der Waals surface area (Å²) in [5.74, 6) is -1.13. The molecule has 0 aromatic heterocycles. The fourth-order valence-electron chi connectivity index (χ4n) is 3.30. The van der Waals surface area contributed by atoms with Crippen LogP contribution in [0.1, 0.15) is 36.6 Å². The Morgan fingerprint density at radius 3 is 2.20 bits per heavy atom. The molecule has 0 aliphatic rings. The van der Waals surface area contributed by atoms with E-state index in [0.29, 0.717) is 11.3 Å². The van der Waals surface area contributed by atoms with Crippen LogP contribution in [0.4, 0.5) is 0 Å². The van der Waals surface area contributed by atoms with E-state index in [1.807, 2.05) is 12.1 Å². The monoisotopic (exact) mass is 403 g/mol. The lowest BCUT2D eigenvalue weighted by atomic mass is 10.0. The number of aliphatic carboxylic acids is 1. The van der Waals surface area contributed by atoms with Crippen molar-refractivity contribution in [3.05, 3.63) is 89.5 Å². The summed E-state index contributed by atoms with van der Waals surface area (Å²) in [7, 11) is 0. The van der Waals surface area contributed by atoms with E-state index in [-0.39, 0.29) is 6.61 Å². The quantitative estimate of drug-likeness (QED) is 0.569. The summed E-state index contributed by atoms with van der Waals surface area (Å²) >= 11 is 0. The zero-order valence-corrected chi connectivity index (χ0v) is 17.1. The Kier molecular flexibility index (Phi) is 6.86. The van der Waals surface area contributed by atoms with Crippen molar-refractivity contribution < 1.29 is 19.4 Å². The summed E-state index contributed by atoms with van der Waals surface area (Å²) < 4.78 is 5.96. The third-order valence-electron chi connectivity index (χ3n) is 4.81. The standard InChI is InChI=1S/C25H25NO4/c1-3-18-8-6-10-20(14-18)21-11-7-9-19(15-21)16-30-23-13-5-4-12-22(23)24(25(28)29)26-17(2)27/h4-15,24H,3,16H2,1-2H3,(H,26,27)(H,28,29). The minimum atomic E-state index is -1.16. The van der Waals surface area contributed by atoms with E-state index in [2.05, 4.69) is 48.6 Å². The normalized spacial score (nSPS) is 11.5. The zero-order chi connectivity index (χ0) is 21.5. The van der Waals surface area contributed by atoms with E-state index < -0.39 is 17.9 Å². The highest BCUT2D eigenvalue weighted by molar-refractivity contribution is 5.84. The van der Waals surface area contributed by atoms with E-state index in [1.165, 1.54) is 12.5 Å². The molecule has 0 aliphatic heterocycles. The summed E-state index contributed by atoms with van der Waals surface area (Å²) in [6, 6.07) is 22.2. The van der Waals surface area contributed by atoms with E-state index in [1.54, 1.807) is 24.3 Å². The Hall–Kier alpha value is -3.60. The first-order valence-corrected chi connectivity index (χ1v) is 9.87. The lowest BCUT2D eigenvalue weighted by Crippen LogP contribution is -2.32. The van der Waals surface area contributed by atoms with Crippen LogP contribution in [-0.4, -0.2) is 17.0 Å². The number of benzene rings is 3. The van der Waals surface area contributed by atoms with Crippen LogP contribution in [0.2, 0.25) is 0 Å². The third-order valence-corrected chi connectivity index (χ3v) is 4.81. The first-order valence-electron chi connectivity index (χ1n) is 9.87. The number of carbonyl (C=O) groups excluding carboxylic acids is 1. The van der Waals surface area contributed by atoms with Crippen LogP contribution in [0.15, 0.2) is 72.8 Å². The van der Waals surface area contributed by atoms with E-state index >= 15 is 0 Å². The van der Waals surface area contributed by atoms with E-state index in [0.717, 1.165) is 23.1 Å². The molecule has 0 aliphatic carbocycles. The molecular formula is C25H25NO4. The van der Waals surface area contributed by atoms with Gasteiger partial charge in [0.15, 0.2) is 6.04 Å². The smallest absolute Gasteiger partial charge is 0.331 e. The maximum Gasteiger partial charge on any atom is 0.331 e. The Labute approximate surface area is 176 Å². The molecule has 0 bridgehead atoms. The van der Waals surface area contributed by atoms with Crippen molar-refractivity contribution in [1.29, 1.82) is 0 Å². The average Bonchev–Trinajstić information content (AvgIpc) is 2.76. The first-order chi connectivity index (χ1) is 14.5. The fourth-order valence-corrected chi connectivity index (χ4v) is 3.30. The van der Waals surface area contributed by atoms with Gasteiger partial charge in [-0.25, -0.2) is 4.79 Å². The van der Waals surface area contributed by atoms with Crippen LogP contribution in [0.3, 0.4) is 0 Å². The molecule has 2 N–H and O–H groups in total. The van der Waals surface area contributed by atoms with Crippen LogP contribution >= 0.6 is 0 Å². The zero-order valence-electron chi connectivity index (χ0n) is 17.1. The Balaban J connectivity index is 1.81. The molecule has 1 atom stereocenters. The van der Waals surface area contributed by atoms with Crippen molar-refractivity contribution in [1.82, 2.24) is 5.32 Å². The summed E-state index contributed by atoms with van der Waals surface area (Å²) in [5, 5.41) is 12.0. The van der Waals surface area contributed by atoms with Gasteiger partial charge < -0.3 is 15.2 Å². The number of nitrogens with one attached hydrogen (secondary N) is 1. The molecule has 0 saturated heterocycles. The third kappa shape index (κ3) is 5.26. The molecule has 0 spiro atoms. The van der Waals surface area contributed by atoms with Crippen LogP contribution in [0.5, 0.6) is 5.75 Å². The highest BCUT2D eigenvalue weighted by atomic mass is 16.5. The summed E-state index contributed by atoms with van der Waals surface area (Å²) in [6.07, 6.45) is 0.979. The maximum atomic E-state index is 11.6. The number of carboxylic acid groups (broad SMARTS) is 1. The van der Waals surface area contributed by atoms with Gasteiger partial charge >= 0.3 is 5.97 Å². The van der Waals surface area contributed by atoms with Crippen LogP contribution in [0.25, 0.3) is 11.1 Å². The maximum absolute atomic E-state index is 11.6.